The third-order valence-corrected chi connectivity index (χ3v) is 5.70. The summed E-state index contributed by atoms with van der Waals surface area (Å²) in [6.45, 7) is 12.1. The van der Waals surface area contributed by atoms with Crippen molar-refractivity contribution in [1.29, 1.82) is 0 Å². The third kappa shape index (κ3) is 18.9. The van der Waals surface area contributed by atoms with Crippen LogP contribution in [0.5, 0.6) is 5.75 Å². The average Bonchev–Trinajstić information content (AvgIpc) is 2.84. The summed E-state index contributed by atoms with van der Waals surface area (Å²) in [5.74, 6) is 1.52. The molecule has 0 aliphatic rings. The molecule has 1 rings (SSSR count). The molecule has 0 radical (unpaired) electrons. The Kier molecular flexibility index (Phi) is 20.5. The van der Waals surface area contributed by atoms with Gasteiger partial charge in [-0.15, -0.1) is 0 Å². The van der Waals surface area contributed by atoms with Crippen molar-refractivity contribution < 1.29 is 23.7 Å². The first-order valence-electron chi connectivity index (χ1n) is 13.3. The maximum Gasteiger partial charge on any atom is 0.119 e. The van der Waals surface area contributed by atoms with Crippen molar-refractivity contribution in [3.05, 3.63) is 29.8 Å². The van der Waals surface area contributed by atoms with Gasteiger partial charge in [0.25, 0.3) is 0 Å². The largest absolute Gasteiger partial charge is 0.491 e. The first-order chi connectivity index (χ1) is 16.3. The summed E-state index contributed by atoms with van der Waals surface area (Å²) >= 11 is 0. The fourth-order valence-corrected chi connectivity index (χ4v) is 3.32. The smallest absolute Gasteiger partial charge is 0.119 e. The van der Waals surface area contributed by atoms with Crippen LogP contribution in [0.1, 0.15) is 77.7 Å². The van der Waals surface area contributed by atoms with E-state index in [1.54, 1.807) is 0 Å². The lowest BCUT2D eigenvalue weighted by atomic mass is 10.0. The van der Waals surface area contributed by atoms with Crippen molar-refractivity contribution in [2.45, 2.75) is 78.6 Å². The van der Waals surface area contributed by atoms with Crippen molar-refractivity contribution in [2.24, 2.45) is 5.92 Å². The maximum absolute atomic E-state index is 5.76. The van der Waals surface area contributed by atoms with Crippen molar-refractivity contribution in [2.75, 3.05) is 59.5 Å². The molecule has 1 aromatic carbocycles. The highest BCUT2D eigenvalue weighted by Gasteiger charge is 1.99. The highest BCUT2D eigenvalue weighted by atomic mass is 16.6. The van der Waals surface area contributed by atoms with E-state index in [2.05, 4.69) is 45.0 Å². The fraction of sp³-hybridized carbons (Fsp3) is 0.786. The lowest BCUT2D eigenvalue weighted by Crippen LogP contribution is -2.14. The number of unbranched alkanes of at least 4 members (excludes halogenated alkanes) is 6. The maximum atomic E-state index is 5.76. The van der Waals surface area contributed by atoms with Crippen LogP contribution in [0.2, 0.25) is 0 Å². The van der Waals surface area contributed by atoms with E-state index in [4.69, 9.17) is 23.7 Å². The van der Waals surface area contributed by atoms with Gasteiger partial charge in [-0.3, -0.25) is 0 Å². The van der Waals surface area contributed by atoms with Crippen molar-refractivity contribution >= 4 is 0 Å². The van der Waals surface area contributed by atoms with E-state index in [0.717, 1.165) is 25.2 Å². The molecule has 1 unspecified atom stereocenters. The first-order valence-corrected chi connectivity index (χ1v) is 13.3. The Morgan fingerprint density at radius 1 is 0.606 bits per heavy atom. The van der Waals surface area contributed by atoms with E-state index in [-0.39, 0.29) is 0 Å². The van der Waals surface area contributed by atoms with Crippen LogP contribution in [0.4, 0.5) is 0 Å². The van der Waals surface area contributed by atoms with Crippen LogP contribution in [-0.4, -0.2) is 59.5 Å². The molecule has 1 atom stereocenters. The van der Waals surface area contributed by atoms with Crippen LogP contribution < -0.4 is 4.74 Å². The number of rotatable bonds is 24. The van der Waals surface area contributed by atoms with E-state index in [1.165, 1.54) is 50.5 Å². The van der Waals surface area contributed by atoms with E-state index < -0.39 is 0 Å². The second-order valence-electron chi connectivity index (χ2n) is 8.79. The summed E-state index contributed by atoms with van der Waals surface area (Å²) in [5.41, 5.74) is 1.40. The molecule has 5 heteroatoms. The van der Waals surface area contributed by atoms with Crippen LogP contribution >= 0.6 is 0 Å². The Balaban J connectivity index is 1.86. The van der Waals surface area contributed by atoms with Gasteiger partial charge in [0.15, 0.2) is 0 Å². The molecule has 33 heavy (non-hydrogen) atoms. The Morgan fingerprint density at radius 3 is 1.70 bits per heavy atom. The summed E-state index contributed by atoms with van der Waals surface area (Å²) in [4.78, 5) is 0. The van der Waals surface area contributed by atoms with Gasteiger partial charge < -0.3 is 23.7 Å². The van der Waals surface area contributed by atoms with Gasteiger partial charge in [0.05, 0.1) is 46.2 Å². The fourth-order valence-electron chi connectivity index (χ4n) is 3.32. The average molecular weight is 467 g/mol. The molecule has 1 aromatic rings. The van der Waals surface area contributed by atoms with Gasteiger partial charge in [0.1, 0.15) is 12.4 Å². The first kappa shape index (κ1) is 29.9. The molecule has 0 saturated carbocycles. The van der Waals surface area contributed by atoms with Crippen LogP contribution in [0.25, 0.3) is 0 Å². The zero-order valence-corrected chi connectivity index (χ0v) is 21.7. The molecule has 192 valence electrons. The van der Waals surface area contributed by atoms with Crippen LogP contribution in [0.15, 0.2) is 24.3 Å². The van der Waals surface area contributed by atoms with Crippen LogP contribution in [0, 0.1) is 5.92 Å². The zero-order chi connectivity index (χ0) is 23.8. The standard InChI is InChI=1S/C28H50O5/c1-4-6-7-8-9-10-11-12-27-13-15-28(16-14-27)33-24-23-31-20-19-29-17-18-30-21-22-32-25-26(3)5-2/h13-16,26H,4-12,17-25H2,1-3H3. The molecule has 0 amide bonds. The molecule has 0 heterocycles. The molecular formula is C28H50O5. The molecule has 0 spiro atoms. The molecule has 0 aromatic heterocycles. The summed E-state index contributed by atoms with van der Waals surface area (Å²) in [5, 5.41) is 0. The Morgan fingerprint density at radius 2 is 1.12 bits per heavy atom. The van der Waals surface area contributed by atoms with Crippen LogP contribution in [-0.2, 0) is 25.4 Å². The van der Waals surface area contributed by atoms with Gasteiger partial charge in [-0.25, -0.2) is 0 Å². The Hall–Kier alpha value is -1.14. The quantitative estimate of drug-likeness (QED) is 0.163. The van der Waals surface area contributed by atoms with Gasteiger partial charge in [-0.05, 0) is 36.5 Å². The van der Waals surface area contributed by atoms with E-state index in [0.29, 0.717) is 58.8 Å². The molecular weight excluding hydrogens is 416 g/mol. The van der Waals surface area contributed by atoms with Gasteiger partial charge in [-0.1, -0.05) is 77.8 Å². The Bertz CT molecular complexity index is 520. The summed E-state index contributed by atoms with van der Waals surface area (Å²) < 4.78 is 27.9. The minimum Gasteiger partial charge on any atom is -0.491 e. The molecule has 0 bridgehead atoms. The normalized spacial score (nSPS) is 12.2. The molecule has 0 N–H and O–H groups in total. The Labute approximate surface area is 203 Å². The number of hydrogen-bond acceptors (Lipinski definition) is 5. The number of benzene rings is 1. The van der Waals surface area contributed by atoms with Crippen molar-refractivity contribution in [1.82, 2.24) is 0 Å². The molecule has 0 saturated heterocycles. The molecule has 0 aliphatic heterocycles. The van der Waals surface area contributed by atoms with Gasteiger partial charge in [0, 0.05) is 6.61 Å². The SMILES string of the molecule is CCCCCCCCCc1ccc(OCCOCCOCCOCCOCC(C)CC)cc1. The van der Waals surface area contributed by atoms with E-state index in [1.807, 2.05) is 0 Å². The highest BCUT2D eigenvalue weighted by Crippen LogP contribution is 2.15. The van der Waals surface area contributed by atoms with Gasteiger partial charge in [0.2, 0.25) is 0 Å². The molecule has 5 nitrogen and oxygen atoms in total. The zero-order valence-electron chi connectivity index (χ0n) is 21.7. The van der Waals surface area contributed by atoms with Crippen molar-refractivity contribution in [3.63, 3.8) is 0 Å². The monoisotopic (exact) mass is 466 g/mol. The lowest BCUT2D eigenvalue weighted by molar-refractivity contribution is -0.00768. The molecule has 0 aliphatic carbocycles. The topological polar surface area (TPSA) is 46.2 Å². The van der Waals surface area contributed by atoms with E-state index >= 15 is 0 Å². The highest BCUT2D eigenvalue weighted by molar-refractivity contribution is 5.27. The van der Waals surface area contributed by atoms with Gasteiger partial charge in [-0.2, -0.15) is 0 Å². The predicted molar refractivity (Wildman–Crippen MR) is 136 cm³/mol. The summed E-state index contributed by atoms with van der Waals surface area (Å²) in [6, 6.07) is 8.49. The molecule has 0 fully saturated rings. The van der Waals surface area contributed by atoms with Crippen LogP contribution in [0.3, 0.4) is 0 Å². The summed E-state index contributed by atoms with van der Waals surface area (Å²) in [7, 11) is 0. The van der Waals surface area contributed by atoms with Crippen molar-refractivity contribution in [3.8, 4) is 5.75 Å². The second-order valence-corrected chi connectivity index (χ2v) is 8.79. The number of hydrogen-bond donors (Lipinski definition) is 0. The minimum atomic E-state index is 0.552. The van der Waals surface area contributed by atoms with Gasteiger partial charge >= 0.3 is 0 Å². The third-order valence-electron chi connectivity index (χ3n) is 5.70. The van der Waals surface area contributed by atoms with E-state index in [9.17, 15) is 0 Å². The predicted octanol–water partition coefficient (Wildman–Crippen LogP) is 6.47. The second kappa shape index (κ2) is 22.6. The number of ether oxygens (including phenoxy) is 5. The number of aryl methyl sites for hydroxylation is 1. The lowest BCUT2D eigenvalue weighted by Gasteiger charge is -2.10. The minimum absolute atomic E-state index is 0.552. The summed E-state index contributed by atoms with van der Waals surface area (Å²) in [6.07, 6.45) is 11.8.